The fourth-order valence-corrected chi connectivity index (χ4v) is 3.36. The summed E-state index contributed by atoms with van der Waals surface area (Å²) in [7, 11) is -3.80. The maximum atomic E-state index is 12.0. The van der Waals surface area contributed by atoms with Gasteiger partial charge in [0.25, 0.3) is 0 Å². The summed E-state index contributed by atoms with van der Waals surface area (Å²) in [4.78, 5) is 34.0. The third-order valence-electron chi connectivity index (χ3n) is 3.44. The zero-order chi connectivity index (χ0) is 17.5. The van der Waals surface area contributed by atoms with Crippen molar-refractivity contribution < 1.29 is 28.3 Å². The van der Waals surface area contributed by atoms with Crippen molar-refractivity contribution in [2.24, 2.45) is 5.73 Å². The van der Waals surface area contributed by atoms with Crippen LogP contribution in [-0.4, -0.2) is 59.7 Å². The van der Waals surface area contributed by atoms with Crippen LogP contribution in [0.5, 0.6) is 0 Å². The quantitative estimate of drug-likeness (QED) is 0.394. The number of esters is 1. The Hall–Kier alpha value is -1.21. The second-order valence-corrected chi connectivity index (χ2v) is 7.19. The van der Waals surface area contributed by atoms with Gasteiger partial charge in [-0.05, 0) is 19.8 Å². The highest BCUT2D eigenvalue weighted by atomic mass is 31.2. The molecule has 0 aromatic heterocycles. The number of nitrogens with two attached hydrogens (primary N) is 1. The highest BCUT2D eigenvalue weighted by molar-refractivity contribution is 7.53. The molecule has 0 bridgehead atoms. The first-order valence-electron chi connectivity index (χ1n) is 7.59. The molecule has 0 aliphatic carbocycles. The molecule has 0 radical (unpaired) electrons. The van der Waals surface area contributed by atoms with Gasteiger partial charge in [0, 0.05) is 20.0 Å². The fourth-order valence-electron chi connectivity index (χ4n) is 2.21. The Kier molecular flexibility index (Phi) is 7.91. The Labute approximate surface area is 136 Å². The van der Waals surface area contributed by atoms with Crippen LogP contribution in [0.4, 0.5) is 0 Å². The van der Waals surface area contributed by atoms with Gasteiger partial charge in [-0.25, -0.2) is 0 Å². The number of hydrogen-bond donors (Lipinski definition) is 2. The number of carbonyl (C=O) groups excluding carboxylic acids is 2. The van der Waals surface area contributed by atoms with Gasteiger partial charge in [-0.3, -0.25) is 14.2 Å². The standard InChI is InChI=1S/C14H25N2O6P/c1-3-21-14(18)13(15)5-4-10-23(19,20)22-12-6-8-16(9-7-12)11(2)17/h4-5,12-13H,3,6-10,15H2,1-2H3,(H,19,20). The van der Waals surface area contributed by atoms with E-state index in [9.17, 15) is 19.0 Å². The molecule has 1 aliphatic heterocycles. The summed E-state index contributed by atoms with van der Waals surface area (Å²) < 4.78 is 22.0. The van der Waals surface area contributed by atoms with Crippen molar-refractivity contribution in [1.82, 2.24) is 4.90 Å². The van der Waals surface area contributed by atoms with E-state index in [2.05, 4.69) is 0 Å². The molecule has 9 heteroatoms. The van der Waals surface area contributed by atoms with Gasteiger partial charge in [-0.15, -0.1) is 0 Å². The van der Waals surface area contributed by atoms with Crippen LogP contribution < -0.4 is 5.73 Å². The van der Waals surface area contributed by atoms with E-state index in [-0.39, 0.29) is 24.8 Å². The molecule has 2 atom stereocenters. The van der Waals surface area contributed by atoms with Crippen LogP contribution in [0, 0.1) is 0 Å². The Morgan fingerprint density at radius 3 is 2.57 bits per heavy atom. The zero-order valence-corrected chi connectivity index (χ0v) is 14.4. The van der Waals surface area contributed by atoms with Crippen LogP contribution in [0.15, 0.2) is 12.2 Å². The minimum absolute atomic E-state index is 0.00785. The molecule has 0 aromatic carbocycles. The topological polar surface area (TPSA) is 119 Å². The predicted molar refractivity (Wildman–Crippen MR) is 84.8 cm³/mol. The van der Waals surface area contributed by atoms with Gasteiger partial charge in [0.1, 0.15) is 6.04 Å². The molecule has 1 heterocycles. The highest BCUT2D eigenvalue weighted by Gasteiger charge is 2.28. The molecule has 8 nitrogen and oxygen atoms in total. The second-order valence-electron chi connectivity index (χ2n) is 5.34. The Morgan fingerprint density at radius 1 is 1.43 bits per heavy atom. The minimum Gasteiger partial charge on any atom is -0.465 e. The maximum absolute atomic E-state index is 12.0. The van der Waals surface area contributed by atoms with Crippen molar-refractivity contribution in [3.8, 4) is 0 Å². The average molecular weight is 348 g/mol. The van der Waals surface area contributed by atoms with E-state index in [0.717, 1.165) is 0 Å². The molecule has 2 unspecified atom stereocenters. The van der Waals surface area contributed by atoms with Gasteiger partial charge in [0.2, 0.25) is 5.91 Å². The lowest BCUT2D eigenvalue weighted by Gasteiger charge is -2.31. The summed E-state index contributed by atoms with van der Waals surface area (Å²) in [6, 6.07) is -0.964. The number of hydrogen-bond acceptors (Lipinski definition) is 6. The first kappa shape index (κ1) is 19.8. The van der Waals surface area contributed by atoms with E-state index < -0.39 is 19.6 Å². The van der Waals surface area contributed by atoms with Crippen LogP contribution >= 0.6 is 7.60 Å². The lowest BCUT2D eigenvalue weighted by molar-refractivity contribution is -0.143. The van der Waals surface area contributed by atoms with Gasteiger partial charge in [0.05, 0.1) is 18.9 Å². The number of likely N-dealkylation sites (tertiary alicyclic amines) is 1. The van der Waals surface area contributed by atoms with Gasteiger partial charge < -0.3 is 24.8 Å². The molecular formula is C14H25N2O6P. The van der Waals surface area contributed by atoms with Crippen LogP contribution in [0.1, 0.15) is 26.7 Å². The van der Waals surface area contributed by atoms with Crippen LogP contribution in [0.25, 0.3) is 0 Å². The van der Waals surface area contributed by atoms with E-state index in [0.29, 0.717) is 25.9 Å². The summed E-state index contributed by atoms with van der Waals surface area (Å²) in [5.41, 5.74) is 5.55. The second kappa shape index (κ2) is 9.17. The molecule has 23 heavy (non-hydrogen) atoms. The lowest BCUT2D eigenvalue weighted by atomic mass is 10.1. The number of rotatable bonds is 7. The Balaban J connectivity index is 2.40. The van der Waals surface area contributed by atoms with Crippen LogP contribution in [0.2, 0.25) is 0 Å². The van der Waals surface area contributed by atoms with Crippen molar-refractivity contribution in [2.45, 2.75) is 38.8 Å². The van der Waals surface area contributed by atoms with E-state index >= 15 is 0 Å². The molecule has 0 spiro atoms. The SMILES string of the molecule is CCOC(=O)C(N)C=CCP(=O)(O)OC1CCN(C(C)=O)CC1. The molecule has 3 N–H and O–H groups in total. The number of nitrogens with zero attached hydrogens (tertiary/aromatic N) is 1. The van der Waals surface area contributed by atoms with Gasteiger partial charge in [0.15, 0.2) is 0 Å². The van der Waals surface area contributed by atoms with E-state index in [1.165, 1.54) is 19.1 Å². The Morgan fingerprint density at radius 2 is 2.04 bits per heavy atom. The number of ether oxygens (including phenoxy) is 1. The van der Waals surface area contributed by atoms with Crippen LogP contribution in [0.3, 0.4) is 0 Å². The third kappa shape index (κ3) is 7.26. The van der Waals surface area contributed by atoms with Crippen molar-refractivity contribution in [3.63, 3.8) is 0 Å². The molecule has 0 saturated carbocycles. The number of allylic oxidation sites excluding steroid dienone is 1. The third-order valence-corrected chi connectivity index (χ3v) is 4.74. The molecule has 1 aliphatic rings. The number of amides is 1. The number of carbonyl (C=O) groups is 2. The molecular weight excluding hydrogens is 323 g/mol. The summed E-state index contributed by atoms with van der Waals surface area (Å²) in [6.07, 6.45) is 3.14. The normalized spacial score (nSPS) is 20.3. The number of piperidine rings is 1. The predicted octanol–water partition coefficient (Wildman–Crippen LogP) is 0.646. The monoisotopic (exact) mass is 348 g/mol. The smallest absolute Gasteiger partial charge is 0.332 e. The van der Waals surface area contributed by atoms with E-state index in [1.807, 2.05) is 0 Å². The molecule has 1 rings (SSSR count). The molecule has 132 valence electrons. The van der Waals surface area contributed by atoms with Gasteiger partial charge in [-0.1, -0.05) is 12.2 Å². The van der Waals surface area contributed by atoms with Gasteiger partial charge >= 0.3 is 13.6 Å². The maximum Gasteiger partial charge on any atom is 0.332 e. The summed E-state index contributed by atoms with van der Waals surface area (Å²) in [6.45, 7) is 4.42. The Bertz CT molecular complexity index is 488. The zero-order valence-electron chi connectivity index (χ0n) is 13.5. The first-order chi connectivity index (χ1) is 10.7. The molecule has 1 fully saturated rings. The molecule has 1 amide bonds. The van der Waals surface area contributed by atoms with Crippen molar-refractivity contribution in [3.05, 3.63) is 12.2 Å². The van der Waals surface area contributed by atoms with Crippen molar-refractivity contribution in [1.29, 1.82) is 0 Å². The van der Waals surface area contributed by atoms with E-state index in [1.54, 1.807) is 11.8 Å². The highest BCUT2D eigenvalue weighted by Crippen LogP contribution is 2.44. The summed E-state index contributed by atoms with van der Waals surface area (Å²) in [5, 5.41) is 0. The fraction of sp³-hybridized carbons (Fsp3) is 0.714. The molecule has 1 saturated heterocycles. The molecule has 0 aromatic rings. The lowest BCUT2D eigenvalue weighted by Crippen LogP contribution is -2.39. The first-order valence-corrected chi connectivity index (χ1v) is 9.36. The minimum atomic E-state index is -3.80. The van der Waals surface area contributed by atoms with Gasteiger partial charge in [-0.2, -0.15) is 0 Å². The van der Waals surface area contributed by atoms with Crippen molar-refractivity contribution >= 4 is 19.5 Å². The largest absolute Gasteiger partial charge is 0.465 e. The average Bonchev–Trinajstić information content (AvgIpc) is 2.47. The van der Waals surface area contributed by atoms with Crippen molar-refractivity contribution in [2.75, 3.05) is 25.9 Å². The summed E-state index contributed by atoms with van der Waals surface area (Å²) >= 11 is 0. The van der Waals surface area contributed by atoms with E-state index in [4.69, 9.17) is 15.0 Å². The van der Waals surface area contributed by atoms with Crippen LogP contribution in [-0.2, 0) is 23.4 Å². The summed E-state index contributed by atoms with van der Waals surface area (Å²) in [5.74, 6) is -0.597.